The van der Waals surface area contributed by atoms with Gasteiger partial charge in [-0.05, 0) is 50.1 Å². The highest BCUT2D eigenvalue weighted by molar-refractivity contribution is 9.10. The Labute approximate surface area is 170 Å². The van der Waals surface area contributed by atoms with E-state index >= 15 is 0 Å². The predicted octanol–water partition coefficient (Wildman–Crippen LogP) is 5.60. The van der Waals surface area contributed by atoms with E-state index in [0.717, 1.165) is 26.4 Å². The number of fused-ring (bicyclic) bond motifs is 3. The molecule has 0 atom stereocenters. The summed E-state index contributed by atoms with van der Waals surface area (Å²) in [6.07, 6.45) is 0.940. The smallest absolute Gasteiger partial charge is 0.330 e. The van der Waals surface area contributed by atoms with Gasteiger partial charge >= 0.3 is 7.60 Å². The Morgan fingerprint density at radius 1 is 1.26 bits per heavy atom. The van der Waals surface area contributed by atoms with Crippen LogP contribution in [0.4, 0.5) is 5.82 Å². The SMILES string of the molecule is CCOP(=O)(CCCNc1nc(Cl)nc2c1[nH]c1ccc(Br)cc12)OCC. The molecule has 2 N–H and O–H groups in total. The summed E-state index contributed by atoms with van der Waals surface area (Å²) in [5.74, 6) is 0.611. The molecule has 7 nitrogen and oxygen atoms in total. The van der Waals surface area contributed by atoms with Crippen molar-refractivity contribution in [3.63, 3.8) is 0 Å². The molecule has 1 aromatic carbocycles. The molecule has 0 aliphatic rings. The maximum Gasteiger partial charge on any atom is 0.330 e. The number of anilines is 1. The molecule has 10 heteroatoms. The first kappa shape index (κ1) is 20.6. The Kier molecular flexibility index (Phi) is 6.76. The van der Waals surface area contributed by atoms with Crippen LogP contribution in [0.2, 0.25) is 5.28 Å². The maximum absolute atomic E-state index is 12.5. The summed E-state index contributed by atoms with van der Waals surface area (Å²) in [6.45, 7) is 4.87. The lowest BCUT2D eigenvalue weighted by molar-refractivity contribution is 0.220. The minimum atomic E-state index is -3.04. The van der Waals surface area contributed by atoms with Gasteiger partial charge in [-0.25, -0.2) is 4.98 Å². The molecule has 3 rings (SSSR count). The van der Waals surface area contributed by atoms with Crippen LogP contribution in [0.25, 0.3) is 21.9 Å². The Balaban J connectivity index is 1.77. The summed E-state index contributed by atoms with van der Waals surface area (Å²) in [5, 5.41) is 4.38. The third-order valence-corrected chi connectivity index (χ3v) is 6.76. The Hall–Kier alpha value is -1.18. The van der Waals surface area contributed by atoms with Crippen LogP contribution in [0.1, 0.15) is 20.3 Å². The van der Waals surface area contributed by atoms with Gasteiger partial charge in [0.05, 0.1) is 19.4 Å². The predicted molar refractivity (Wildman–Crippen MR) is 113 cm³/mol. The molecule has 0 saturated heterocycles. The van der Waals surface area contributed by atoms with E-state index in [-0.39, 0.29) is 5.28 Å². The number of halogens is 2. The molecule has 0 unspecified atom stereocenters. The Morgan fingerprint density at radius 3 is 2.70 bits per heavy atom. The van der Waals surface area contributed by atoms with Crippen molar-refractivity contribution in [1.29, 1.82) is 0 Å². The Bertz CT molecular complexity index is 987. The van der Waals surface area contributed by atoms with E-state index in [0.29, 0.717) is 38.2 Å². The number of hydrogen-bond donors (Lipinski definition) is 2. The lowest BCUT2D eigenvalue weighted by Crippen LogP contribution is -2.08. The van der Waals surface area contributed by atoms with Crippen molar-refractivity contribution in [3.05, 3.63) is 28.0 Å². The molecule has 0 fully saturated rings. The van der Waals surface area contributed by atoms with Gasteiger partial charge in [0.25, 0.3) is 0 Å². The van der Waals surface area contributed by atoms with Crippen LogP contribution in [0.3, 0.4) is 0 Å². The van der Waals surface area contributed by atoms with E-state index in [1.165, 1.54) is 0 Å². The van der Waals surface area contributed by atoms with Crippen LogP contribution in [0.15, 0.2) is 22.7 Å². The van der Waals surface area contributed by atoms with Crippen LogP contribution >= 0.6 is 35.1 Å². The minimum absolute atomic E-state index is 0.167. The van der Waals surface area contributed by atoms with Crippen LogP contribution in [0, 0.1) is 0 Å². The lowest BCUT2D eigenvalue weighted by atomic mass is 10.2. The third kappa shape index (κ3) is 4.81. The molecule has 2 heterocycles. The van der Waals surface area contributed by atoms with Crippen molar-refractivity contribution >= 4 is 62.9 Å². The largest absolute Gasteiger partial charge is 0.368 e. The van der Waals surface area contributed by atoms with Crippen molar-refractivity contribution in [3.8, 4) is 0 Å². The van der Waals surface area contributed by atoms with Gasteiger partial charge in [-0.2, -0.15) is 4.98 Å². The van der Waals surface area contributed by atoms with E-state index in [9.17, 15) is 4.57 Å². The fourth-order valence-electron chi connectivity index (χ4n) is 2.87. The van der Waals surface area contributed by atoms with E-state index in [1.807, 2.05) is 18.2 Å². The zero-order valence-electron chi connectivity index (χ0n) is 15.1. The monoisotopic (exact) mass is 474 g/mol. The highest BCUT2D eigenvalue weighted by atomic mass is 79.9. The van der Waals surface area contributed by atoms with Crippen LogP contribution in [0.5, 0.6) is 0 Å². The first-order chi connectivity index (χ1) is 13.0. The maximum atomic E-state index is 12.5. The summed E-state index contributed by atoms with van der Waals surface area (Å²) in [5.41, 5.74) is 2.48. The first-order valence-corrected chi connectivity index (χ1v) is 11.6. The van der Waals surface area contributed by atoms with Crippen LogP contribution in [-0.2, 0) is 13.6 Å². The zero-order valence-corrected chi connectivity index (χ0v) is 18.3. The van der Waals surface area contributed by atoms with E-state index < -0.39 is 7.60 Å². The lowest BCUT2D eigenvalue weighted by Gasteiger charge is -2.17. The summed E-state index contributed by atoms with van der Waals surface area (Å²) >= 11 is 9.60. The van der Waals surface area contributed by atoms with Crippen molar-refractivity contribution in [2.75, 3.05) is 31.2 Å². The standard InChI is InChI=1S/C17H21BrClN4O3P/c1-3-25-27(24,26-4-2)9-5-8-20-16-15-14(22-17(19)23-16)12-10-11(18)6-7-13(12)21-15/h6-7,10,21H,3-5,8-9H2,1-2H3,(H,20,22,23). The molecular formula is C17H21BrClN4O3P. The molecular weight excluding hydrogens is 455 g/mol. The topological polar surface area (TPSA) is 89.1 Å². The molecule has 3 aromatic rings. The van der Waals surface area contributed by atoms with E-state index in [2.05, 4.69) is 36.2 Å². The van der Waals surface area contributed by atoms with Gasteiger partial charge in [0.1, 0.15) is 11.0 Å². The van der Waals surface area contributed by atoms with Gasteiger partial charge in [0.15, 0.2) is 5.82 Å². The number of nitrogens with zero attached hydrogens (tertiary/aromatic N) is 2. The minimum Gasteiger partial charge on any atom is -0.368 e. The number of hydrogen-bond acceptors (Lipinski definition) is 6. The summed E-state index contributed by atoms with van der Waals surface area (Å²) in [4.78, 5) is 12.0. The summed E-state index contributed by atoms with van der Waals surface area (Å²) in [6, 6.07) is 5.92. The number of H-pyrrole nitrogens is 1. The fourth-order valence-corrected chi connectivity index (χ4v) is 5.07. The van der Waals surface area contributed by atoms with Crippen molar-refractivity contribution in [1.82, 2.24) is 15.0 Å². The molecule has 2 aromatic heterocycles. The zero-order chi connectivity index (χ0) is 19.4. The molecule has 146 valence electrons. The highest BCUT2D eigenvalue weighted by Gasteiger charge is 2.22. The van der Waals surface area contributed by atoms with Crippen molar-refractivity contribution < 1.29 is 13.6 Å². The second-order valence-electron chi connectivity index (χ2n) is 5.83. The van der Waals surface area contributed by atoms with E-state index in [1.54, 1.807) is 13.8 Å². The summed E-state index contributed by atoms with van der Waals surface area (Å²) < 4.78 is 24.1. The van der Waals surface area contributed by atoms with Gasteiger partial charge in [0, 0.05) is 21.9 Å². The van der Waals surface area contributed by atoms with Crippen LogP contribution < -0.4 is 5.32 Å². The fraction of sp³-hybridized carbons (Fsp3) is 0.412. The van der Waals surface area contributed by atoms with Gasteiger partial charge < -0.3 is 19.3 Å². The van der Waals surface area contributed by atoms with Gasteiger partial charge in [-0.3, -0.25) is 4.57 Å². The quantitative estimate of drug-likeness (QED) is 0.238. The van der Waals surface area contributed by atoms with Gasteiger partial charge in [-0.1, -0.05) is 15.9 Å². The summed E-state index contributed by atoms with van der Waals surface area (Å²) in [7, 11) is -3.04. The van der Waals surface area contributed by atoms with Crippen molar-refractivity contribution in [2.45, 2.75) is 20.3 Å². The second-order valence-corrected chi connectivity index (χ2v) is 9.27. The highest BCUT2D eigenvalue weighted by Crippen LogP contribution is 2.48. The van der Waals surface area contributed by atoms with Crippen LogP contribution in [-0.4, -0.2) is 40.9 Å². The second kappa shape index (κ2) is 8.88. The normalized spacial score (nSPS) is 12.1. The first-order valence-electron chi connectivity index (χ1n) is 8.72. The molecule has 0 amide bonds. The molecule has 27 heavy (non-hydrogen) atoms. The number of nitrogens with one attached hydrogen (secondary N) is 2. The molecule has 0 saturated carbocycles. The van der Waals surface area contributed by atoms with E-state index in [4.69, 9.17) is 20.6 Å². The van der Waals surface area contributed by atoms with Gasteiger partial charge in [0.2, 0.25) is 5.28 Å². The number of aromatic nitrogens is 3. The number of aromatic amines is 1. The van der Waals surface area contributed by atoms with Crippen molar-refractivity contribution in [2.24, 2.45) is 0 Å². The average molecular weight is 476 g/mol. The molecule has 0 aliphatic carbocycles. The molecule has 0 radical (unpaired) electrons. The third-order valence-electron chi connectivity index (χ3n) is 3.93. The average Bonchev–Trinajstić information content (AvgIpc) is 2.97. The van der Waals surface area contributed by atoms with Gasteiger partial charge in [-0.15, -0.1) is 0 Å². The molecule has 0 aliphatic heterocycles. The number of rotatable bonds is 9. The molecule has 0 spiro atoms. The number of benzene rings is 1. The molecule has 0 bridgehead atoms. The Morgan fingerprint density at radius 2 is 2.00 bits per heavy atom.